The van der Waals surface area contributed by atoms with Crippen molar-refractivity contribution in [1.29, 1.82) is 0 Å². The van der Waals surface area contributed by atoms with Crippen LogP contribution in [0.25, 0.3) is 10.1 Å². The number of fused-ring (bicyclic) bond motifs is 1. The van der Waals surface area contributed by atoms with Crippen molar-refractivity contribution >= 4 is 33.2 Å². The summed E-state index contributed by atoms with van der Waals surface area (Å²) in [4.78, 5) is 0. The molecule has 1 aromatic carbocycles. The summed E-state index contributed by atoms with van der Waals surface area (Å²) in [5, 5.41) is 8.05. The van der Waals surface area contributed by atoms with Gasteiger partial charge in [0, 0.05) is 21.7 Å². The zero-order valence-electron chi connectivity index (χ0n) is 12.7. The Hall–Kier alpha value is -0.510. The SMILES string of the molecule is CCCNC(CSC(C)CC)c1cccc2ccsc12. The van der Waals surface area contributed by atoms with Gasteiger partial charge < -0.3 is 5.32 Å². The third-order valence-electron chi connectivity index (χ3n) is 3.65. The van der Waals surface area contributed by atoms with Crippen molar-refractivity contribution in [2.45, 2.75) is 44.9 Å². The van der Waals surface area contributed by atoms with Crippen LogP contribution in [0, 0.1) is 0 Å². The van der Waals surface area contributed by atoms with Crippen molar-refractivity contribution < 1.29 is 0 Å². The number of hydrogen-bond acceptors (Lipinski definition) is 3. The summed E-state index contributed by atoms with van der Waals surface area (Å²) in [6, 6.07) is 9.40. The first-order chi connectivity index (χ1) is 9.76. The highest BCUT2D eigenvalue weighted by Gasteiger charge is 2.15. The van der Waals surface area contributed by atoms with Gasteiger partial charge in [-0.3, -0.25) is 0 Å². The number of benzene rings is 1. The molecule has 1 aromatic heterocycles. The molecule has 2 aromatic rings. The number of rotatable bonds is 8. The van der Waals surface area contributed by atoms with E-state index >= 15 is 0 Å². The number of thiophene rings is 1. The second-order valence-corrected chi connectivity index (χ2v) is 7.63. The van der Waals surface area contributed by atoms with Crippen molar-refractivity contribution in [2.75, 3.05) is 12.3 Å². The van der Waals surface area contributed by atoms with Gasteiger partial charge in [-0.2, -0.15) is 11.8 Å². The van der Waals surface area contributed by atoms with E-state index in [9.17, 15) is 0 Å². The molecule has 1 N–H and O–H groups in total. The van der Waals surface area contributed by atoms with Crippen LogP contribution in [0.2, 0.25) is 0 Å². The Labute approximate surface area is 131 Å². The molecular formula is C17H25NS2. The molecule has 1 nitrogen and oxygen atoms in total. The van der Waals surface area contributed by atoms with Crippen LogP contribution in [0.4, 0.5) is 0 Å². The van der Waals surface area contributed by atoms with Gasteiger partial charge in [0.1, 0.15) is 0 Å². The van der Waals surface area contributed by atoms with Crippen LogP contribution < -0.4 is 5.32 Å². The monoisotopic (exact) mass is 307 g/mol. The van der Waals surface area contributed by atoms with Gasteiger partial charge in [-0.15, -0.1) is 11.3 Å². The number of nitrogens with one attached hydrogen (secondary N) is 1. The molecule has 0 aliphatic carbocycles. The van der Waals surface area contributed by atoms with E-state index in [2.05, 4.69) is 67.5 Å². The second-order valence-electron chi connectivity index (χ2n) is 5.25. The third-order valence-corrected chi connectivity index (χ3v) is 6.06. The van der Waals surface area contributed by atoms with Crippen molar-refractivity contribution in [2.24, 2.45) is 0 Å². The molecule has 0 saturated carbocycles. The number of hydrogen-bond donors (Lipinski definition) is 1. The summed E-state index contributed by atoms with van der Waals surface area (Å²) in [5.41, 5.74) is 1.47. The molecule has 110 valence electrons. The Morgan fingerprint density at radius 3 is 2.85 bits per heavy atom. The topological polar surface area (TPSA) is 12.0 Å². The van der Waals surface area contributed by atoms with Gasteiger partial charge in [-0.25, -0.2) is 0 Å². The maximum Gasteiger partial charge on any atom is 0.0426 e. The minimum Gasteiger partial charge on any atom is -0.309 e. The minimum atomic E-state index is 0.469. The minimum absolute atomic E-state index is 0.469. The molecule has 0 aliphatic rings. The predicted molar refractivity (Wildman–Crippen MR) is 95.1 cm³/mol. The Morgan fingerprint density at radius 2 is 2.10 bits per heavy atom. The third kappa shape index (κ3) is 4.00. The van der Waals surface area contributed by atoms with Gasteiger partial charge in [0.15, 0.2) is 0 Å². The molecule has 3 heteroatoms. The quantitative estimate of drug-likeness (QED) is 0.693. The zero-order valence-corrected chi connectivity index (χ0v) is 14.3. The lowest BCUT2D eigenvalue weighted by atomic mass is 10.1. The summed E-state index contributed by atoms with van der Waals surface area (Å²) >= 11 is 3.95. The van der Waals surface area contributed by atoms with Crippen molar-refractivity contribution in [3.8, 4) is 0 Å². The Kier molecular flexibility index (Phi) is 6.40. The Morgan fingerprint density at radius 1 is 1.25 bits per heavy atom. The van der Waals surface area contributed by atoms with Crippen molar-refractivity contribution in [1.82, 2.24) is 5.32 Å². The molecule has 1 heterocycles. The van der Waals surface area contributed by atoms with Crippen LogP contribution >= 0.6 is 23.1 Å². The van der Waals surface area contributed by atoms with Crippen LogP contribution in [-0.4, -0.2) is 17.5 Å². The first kappa shape index (κ1) is 15.9. The summed E-state index contributed by atoms with van der Waals surface area (Å²) in [6.45, 7) is 7.92. The molecule has 20 heavy (non-hydrogen) atoms. The summed E-state index contributed by atoms with van der Waals surface area (Å²) in [5.74, 6) is 1.16. The van der Waals surface area contributed by atoms with Crippen LogP contribution in [0.15, 0.2) is 29.6 Å². The normalized spacial score (nSPS) is 14.6. The molecular weight excluding hydrogens is 282 g/mol. The lowest BCUT2D eigenvalue weighted by molar-refractivity contribution is 0.580. The predicted octanol–water partition coefficient (Wildman–Crippen LogP) is 5.47. The van der Waals surface area contributed by atoms with Gasteiger partial charge in [0.2, 0.25) is 0 Å². The van der Waals surface area contributed by atoms with Crippen LogP contribution in [0.5, 0.6) is 0 Å². The number of thioether (sulfide) groups is 1. The van der Waals surface area contributed by atoms with Gasteiger partial charge in [-0.1, -0.05) is 39.0 Å². The lowest BCUT2D eigenvalue weighted by Crippen LogP contribution is -2.24. The molecule has 0 spiro atoms. The van der Waals surface area contributed by atoms with Gasteiger partial charge in [-0.05, 0) is 41.8 Å². The molecule has 0 radical (unpaired) electrons. The molecule has 2 rings (SSSR count). The van der Waals surface area contributed by atoms with E-state index in [0.717, 1.165) is 17.5 Å². The lowest BCUT2D eigenvalue weighted by Gasteiger charge is -2.21. The summed E-state index contributed by atoms with van der Waals surface area (Å²) < 4.78 is 1.45. The molecule has 0 fully saturated rings. The highest BCUT2D eigenvalue weighted by atomic mass is 32.2. The Bertz CT molecular complexity index is 520. The van der Waals surface area contributed by atoms with E-state index in [1.807, 2.05) is 11.3 Å². The van der Waals surface area contributed by atoms with Crippen LogP contribution in [-0.2, 0) is 0 Å². The van der Waals surface area contributed by atoms with E-state index in [1.54, 1.807) is 0 Å². The molecule has 2 atom stereocenters. The molecule has 0 bridgehead atoms. The maximum atomic E-state index is 3.73. The van der Waals surface area contributed by atoms with E-state index in [1.165, 1.54) is 28.5 Å². The van der Waals surface area contributed by atoms with Crippen LogP contribution in [0.3, 0.4) is 0 Å². The van der Waals surface area contributed by atoms with Gasteiger partial charge in [0.25, 0.3) is 0 Å². The summed E-state index contributed by atoms with van der Waals surface area (Å²) in [6.07, 6.45) is 2.43. The Balaban J connectivity index is 2.18. The zero-order chi connectivity index (χ0) is 14.4. The highest BCUT2D eigenvalue weighted by molar-refractivity contribution is 7.99. The van der Waals surface area contributed by atoms with Gasteiger partial charge in [0.05, 0.1) is 0 Å². The maximum absolute atomic E-state index is 3.73. The standard InChI is InChI=1S/C17H25NS2/c1-4-10-18-16(12-20-13(3)5-2)15-8-6-7-14-9-11-19-17(14)15/h6-9,11,13,16,18H,4-5,10,12H2,1-3H3. The average Bonchev–Trinajstić information content (AvgIpc) is 2.95. The summed E-state index contributed by atoms with van der Waals surface area (Å²) in [7, 11) is 0. The molecule has 0 amide bonds. The fraction of sp³-hybridized carbons (Fsp3) is 0.529. The first-order valence-corrected chi connectivity index (χ1v) is 9.50. The van der Waals surface area contributed by atoms with Crippen LogP contribution in [0.1, 0.15) is 45.2 Å². The van der Waals surface area contributed by atoms with E-state index in [4.69, 9.17) is 0 Å². The fourth-order valence-electron chi connectivity index (χ4n) is 2.25. The first-order valence-electron chi connectivity index (χ1n) is 7.57. The highest BCUT2D eigenvalue weighted by Crippen LogP contribution is 2.31. The van der Waals surface area contributed by atoms with Crippen molar-refractivity contribution in [3.63, 3.8) is 0 Å². The van der Waals surface area contributed by atoms with E-state index in [0.29, 0.717) is 6.04 Å². The van der Waals surface area contributed by atoms with Gasteiger partial charge >= 0.3 is 0 Å². The molecule has 2 unspecified atom stereocenters. The fourth-order valence-corrected chi connectivity index (χ4v) is 4.27. The van der Waals surface area contributed by atoms with Crippen molar-refractivity contribution in [3.05, 3.63) is 35.2 Å². The second kappa shape index (κ2) is 8.06. The largest absolute Gasteiger partial charge is 0.309 e. The molecule has 0 saturated heterocycles. The smallest absolute Gasteiger partial charge is 0.0426 e. The molecule has 0 aliphatic heterocycles. The van der Waals surface area contributed by atoms with E-state index in [-0.39, 0.29) is 0 Å². The average molecular weight is 308 g/mol. The van der Waals surface area contributed by atoms with E-state index < -0.39 is 0 Å².